The van der Waals surface area contributed by atoms with Crippen LogP contribution in [0.5, 0.6) is 0 Å². The van der Waals surface area contributed by atoms with Crippen molar-refractivity contribution in [2.45, 2.75) is 31.8 Å². The van der Waals surface area contributed by atoms with Gasteiger partial charge in [0.2, 0.25) is 0 Å². The molecule has 122 valence electrons. The van der Waals surface area contributed by atoms with Crippen molar-refractivity contribution < 1.29 is 4.74 Å². The Kier molecular flexibility index (Phi) is 4.34. The van der Waals surface area contributed by atoms with Crippen molar-refractivity contribution in [3.05, 3.63) is 71.9 Å². The summed E-state index contributed by atoms with van der Waals surface area (Å²) in [6, 6.07) is 16.3. The second kappa shape index (κ2) is 6.93. The van der Waals surface area contributed by atoms with Gasteiger partial charge in [-0.25, -0.2) is 9.97 Å². The zero-order valence-electron chi connectivity index (χ0n) is 13.5. The Labute approximate surface area is 141 Å². The number of ether oxygens (including phenoxy) is 1. The Balaban J connectivity index is 1.61. The van der Waals surface area contributed by atoms with Crippen molar-refractivity contribution in [1.29, 1.82) is 0 Å². The lowest BCUT2D eigenvalue weighted by Crippen LogP contribution is -2.09. The second-order valence-electron chi connectivity index (χ2n) is 5.97. The van der Waals surface area contributed by atoms with Crippen molar-refractivity contribution >= 4 is 0 Å². The monoisotopic (exact) mass is 320 g/mol. The highest BCUT2D eigenvalue weighted by atomic mass is 16.5. The molecule has 3 heterocycles. The lowest BCUT2D eigenvalue weighted by Gasteiger charge is -2.09. The molecule has 1 aliphatic rings. The molecule has 1 fully saturated rings. The lowest BCUT2D eigenvalue weighted by atomic mass is 10.1. The van der Waals surface area contributed by atoms with E-state index in [0.29, 0.717) is 0 Å². The standard InChI is InChI=1S/C19H20N4O/c1-2-7-15(8-3-1)11-12-17-21-19(16-9-6-14-24-16)23(22-17)18-10-4-5-13-20-18/h1-5,7-8,10,13,16H,6,9,11-12,14H2. The van der Waals surface area contributed by atoms with Gasteiger partial charge in [-0.15, -0.1) is 5.10 Å². The van der Waals surface area contributed by atoms with Crippen molar-refractivity contribution in [2.75, 3.05) is 6.61 Å². The number of nitrogens with zero attached hydrogens (tertiary/aromatic N) is 4. The van der Waals surface area contributed by atoms with Gasteiger partial charge in [-0.2, -0.15) is 4.68 Å². The van der Waals surface area contributed by atoms with E-state index < -0.39 is 0 Å². The lowest BCUT2D eigenvalue weighted by molar-refractivity contribution is 0.103. The summed E-state index contributed by atoms with van der Waals surface area (Å²) in [5, 5.41) is 4.70. The van der Waals surface area contributed by atoms with E-state index in [0.717, 1.165) is 49.8 Å². The number of rotatable bonds is 5. The molecule has 0 saturated carbocycles. The van der Waals surface area contributed by atoms with E-state index in [4.69, 9.17) is 14.8 Å². The number of aryl methyl sites for hydroxylation is 2. The summed E-state index contributed by atoms with van der Waals surface area (Å²) in [6.07, 6.45) is 5.59. The molecule has 1 atom stereocenters. The smallest absolute Gasteiger partial charge is 0.163 e. The van der Waals surface area contributed by atoms with Crippen LogP contribution >= 0.6 is 0 Å². The summed E-state index contributed by atoms with van der Waals surface area (Å²) in [6.45, 7) is 0.791. The number of hydrogen-bond donors (Lipinski definition) is 0. The Morgan fingerprint density at radius 1 is 1.04 bits per heavy atom. The van der Waals surface area contributed by atoms with Crippen LogP contribution in [-0.4, -0.2) is 26.4 Å². The molecule has 3 aromatic rings. The van der Waals surface area contributed by atoms with Crippen LogP contribution in [0.4, 0.5) is 0 Å². The number of aromatic nitrogens is 4. The molecule has 5 heteroatoms. The number of benzene rings is 1. The highest BCUT2D eigenvalue weighted by molar-refractivity contribution is 5.23. The summed E-state index contributed by atoms with van der Waals surface area (Å²) in [4.78, 5) is 9.19. The minimum atomic E-state index is 0.0185. The molecular weight excluding hydrogens is 300 g/mol. The molecule has 2 aromatic heterocycles. The number of hydrogen-bond acceptors (Lipinski definition) is 4. The molecule has 1 unspecified atom stereocenters. The fraction of sp³-hybridized carbons (Fsp3) is 0.316. The van der Waals surface area contributed by atoms with E-state index in [2.05, 4.69) is 29.2 Å². The summed E-state index contributed by atoms with van der Waals surface area (Å²) in [5.74, 6) is 2.51. The Hall–Kier alpha value is -2.53. The molecule has 0 N–H and O–H groups in total. The first-order chi connectivity index (χ1) is 11.9. The first kappa shape index (κ1) is 15.0. The van der Waals surface area contributed by atoms with Gasteiger partial charge < -0.3 is 4.74 Å². The van der Waals surface area contributed by atoms with Gasteiger partial charge in [0.15, 0.2) is 17.5 Å². The van der Waals surface area contributed by atoms with Gasteiger partial charge in [-0.1, -0.05) is 36.4 Å². The molecule has 1 saturated heterocycles. The molecule has 1 aromatic carbocycles. The fourth-order valence-electron chi connectivity index (χ4n) is 3.01. The molecule has 0 amide bonds. The molecule has 0 spiro atoms. The van der Waals surface area contributed by atoms with Crippen LogP contribution in [-0.2, 0) is 17.6 Å². The van der Waals surface area contributed by atoms with Gasteiger partial charge in [0.25, 0.3) is 0 Å². The predicted molar refractivity (Wildman–Crippen MR) is 90.9 cm³/mol. The van der Waals surface area contributed by atoms with Gasteiger partial charge >= 0.3 is 0 Å². The van der Waals surface area contributed by atoms with E-state index in [1.165, 1.54) is 5.56 Å². The zero-order chi connectivity index (χ0) is 16.2. The zero-order valence-corrected chi connectivity index (χ0v) is 13.5. The van der Waals surface area contributed by atoms with Crippen LogP contribution in [0.3, 0.4) is 0 Å². The van der Waals surface area contributed by atoms with Crippen LogP contribution in [0, 0.1) is 0 Å². The second-order valence-corrected chi connectivity index (χ2v) is 5.97. The Morgan fingerprint density at radius 3 is 2.67 bits per heavy atom. The van der Waals surface area contributed by atoms with E-state index in [1.54, 1.807) is 6.20 Å². The van der Waals surface area contributed by atoms with Crippen LogP contribution in [0.1, 0.15) is 36.2 Å². The molecule has 0 bridgehead atoms. The van der Waals surface area contributed by atoms with E-state index in [1.807, 2.05) is 28.9 Å². The SMILES string of the molecule is c1ccc(CCc2nc(C3CCCO3)n(-c3ccccn3)n2)cc1. The van der Waals surface area contributed by atoms with E-state index >= 15 is 0 Å². The van der Waals surface area contributed by atoms with E-state index in [9.17, 15) is 0 Å². The third-order valence-electron chi connectivity index (χ3n) is 4.24. The molecule has 5 nitrogen and oxygen atoms in total. The summed E-state index contributed by atoms with van der Waals surface area (Å²) in [5.41, 5.74) is 1.30. The average Bonchev–Trinajstić information content (AvgIpc) is 3.31. The first-order valence-corrected chi connectivity index (χ1v) is 8.43. The Bertz CT molecular complexity index is 780. The van der Waals surface area contributed by atoms with Gasteiger partial charge in [0.1, 0.15) is 6.10 Å². The van der Waals surface area contributed by atoms with Crippen molar-refractivity contribution in [3.63, 3.8) is 0 Å². The topological polar surface area (TPSA) is 52.8 Å². The highest BCUT2D eigenvalue weighted by Gasteiger charge is 2.25. The summed E-state index contributed by atoms with van der Waals surface area (Å²) >= 11 is 0. The van der Waals surface area contributed by atoms with Crippen LogP contribution in [0.15, 0.2) is 54.7 Å². The van der Waals surface area contributed by atoms with Crippen molar-refractivity contribution in [3.8, 4) is 5.82 Å². The van der Waals surface area contributed by atoms with Crippen molar-refractivity contribution in [1.82, 2.24) is 19.7 Å². The van der Waals surface area contributed by atoms with Gasteiger partial charge in [-0.3, -0.25) is 0 Å². The first-order valence-electron chi connectivity index (χ1n) is 8.43. The quantitative estimate of drug-likeness (QED) is 0.724. The molecule has 0 radical (unpaired) electrons. The fourth-order valence-corrected chi connectivity index (χ4v) is 3.01. The third kappa shape index (κ3) is 3.21. The minimum Gasteiger partial charge on any atom is -0.370 e. The van der Waals surface area contributed by atoms with Gasteiger partial charge in [-0.05, 0) is 37.0 Å². The maximum absolute atomic E-state index is 5.83. The maximum atomic E-state index is 5.83. The van der Waals surface area contributed by atoms with Gasteiger partial charge in [0, 0.05) is 19.2 Å². The molecule has 1 aliphatic heterocycles. The molecule has 4 rings (SSSR count). The third-order valence-corrected chi connectivity index (χ3v) is 4.24. The number of pyridine rings is 1. The summed E-state index contributed by atoms with van der Waals surface area (Å²) in [7, 11) is 0. The van der Waals surface area contributed by atoms with Crippen LogP contribution < -0.4 is 0 Å². The minimum absolute atomic E-state index is 0.0185. The Morgan fingerprint density at radius 2 is 1.92 bits per heavy atom. The van der Waals surface area contributed by atoms with Crippen LogP contribution in [0.2, 0.25) is 0 Å². The van der Waals surface area contributed by atoms with Crippen molar-refractivity contribution in [2.24, 2.45) is 0 Å². The van der Waals surface area contributed by atoms with E-state index in [-0.39, 0.29) is 6.10 Å². The van der Waals surface area contributed by atoms with Crippen LogP contribution in [0.25, 0.3) is 5.82 Å². The summed E-state index contributed by atoms with van der Waals surface area (Å²) < 4.78 is 7.67. The average molecular weight is 320 g/mol. The van der Waals surface area contributed by atoms with Gasteiger partial charge in [0.05, 0.1) is 0 Å². The highest BCUT2D eigenvalue weighted by Crippen LogP contribution is 2.28. The molecule has 24 heavy (non-hydrogen) atoms. The predicted octanol–water partition coefficient (Wildman–Crippen LogP) is 3.30. The largest absolute Gasteiger partial charge is 0.370 e. The normalized spacial score (nSPS) is 17.2. The maximum Gasteiger partial charge on any atom is 0.163 e. The molecule has 0 aliphatic carbocycles. The molecular formula is C19H20N4O.